The van der Waals surface area contributed by atoms with Crippen molar-refractivity contribution in [1.82, 2.24) is 9.55 Å². The van der Waals surface area contributed by atoms with Crippen LogP contribution in [0.4, 0.5) is 4.39 Å². The fourth-order valence-corrected chi connectivity index (χ4v) is 1.86. The molecule has 1 aromatic carbocycles. The molecule has 0 aliphatic rings. The summed E-state index contributed by atoms with van der Waals surface area (Å²) in [6, 6.07) is 6.49. The van der Waals surface area contributed by atoms with Crippen molar-refractivity contribution in [3.05, 3.63) is 53.4 Å². The highest BCUT2D eigenvalue weighted by Crippen LogP contribution is 2.13. The van der Waals surface area contributed by atoms with Crippen LogP contribution in [0.25, 0.3) is 0 Å². The molecule has 3 nitrogen and oxygen atoms in total. The van der Waals surface area contributed by atoms with E-state index in [1.165, 1.54) is 6.07 Å². The van der Waals surface area contributed by atoms with E-state index in [2.05, 4.69) is 11.9 Å². The van der Waals surface area contributed by atoms with Gasteiger partial charge in [-0.15, -0.1) is 0 Å². The van der Waals surface area contributed by atoms with Crippen LogP contribution in [0.3, 0.4) is 0 Å². The van der Waals surface area contributed by atoms with Gasteiger partial charge in [-0.1, -0.05) is 13.0 Å². The van der Waals surface area contributed by atoms with E-state index in [-0.39, 0.29) is 5.82 Å². The van der Waals surface area contributed by atoms with Crippen molar-refractivity contribution in [2.75, 3.05) is 0 Å². The number of halogens is 1. The summed E-state index contributed by atoms with van der Waals surface area (Å²) in [6.45, 7) is 2.54. The molecule has 0 saturated carbocycles. The van der Waals surface area contributed by atoms with Gasteiger partial charge >= 0.3 is 0 Å². The van der Waals surface area contributed by atoms with E-state index in [0.717, 1.165) is 18.7 Å². The van der Waals surface area contributed by atoms with Crippen molar-refractivity contribution in [2.45, 2.75) is 26.3 Å². The maximum Gasteiger partial charge on any atom is 0.129 e. The fourth-order valence-electron chi connectivity index (χ4n) is 1.86. The Labute approximate surface area is 106 Å². The van der Waals surface area contributed by atoms with Crippen molar-refractivity contribution < 1.29 is 4.39 Å². The predicted octanol–water partition coefficient (Wildman–Crippen LogP) is 2.89. The molecule has 2 rings (SSSR count). The Bertz CT molecular complexity index is 581. The van der Waals surface area contributed by atoms with Crippen molar-refractivity contribution >= 4 is 0 Å². The van der Waals surface area contributed by atoms with Gasteiger partial charge in [0.15, 0.2) is 0 Å². The minimum absolute atomic E-state index is 0.342. The summed E-state index contributed by atoms with van der Waals surface area (Å²) in [5.41, 5.74) is 0.917. The highest BCUT2D eigenvalue weighted by Gasteiger charge is 2.07. The van der Waals surface area contributed by atoms with Crippen LogP contribution in [0.2, 0.25) is 0 Å². The third kappa shape index (κ3) is 2.57. The molecule has 1 aromatic heterocycles. The number of aromatic nitrogens is 2. The van der Waals surface area contributed by atoms with E-state index >= 15 is 0 Å². The zero-order chi connectivity index (χ0) is 13.0. The van der Waals surface area contributed by atoms with Crippen LogP contribution in [0.1, 0.15) is 30.3 Å². The fraction of sp³-hybridized carbons (Fsp3) is 0.286. The van der Waals surface area contributed by atoms with Crippen LogP contribution >= 0.6 is 0 Å². The second-order valence-electron chi connectivity index (χ2n) is 4.14. The summed E-state index contributed by atoms with van der Waals surface area (Å²) in [7, 11) is 0. The number of hydrogen-bond acceptors (Lipinski definition) is 2. The summed E-state index contributed by atoms with van der Waals surface area (Å²) in [5, 5.41) is 8.69. The summed E-state index contributed by atoms with van der Waals surface area (Å²) in [5.74, 6) is 0.617. The summed E-state index contributed by atoms with van der Waals surface area (Å²) in [6.07, 6.45) is 5.47. The van der Waals surface area contributed by atoms with Crippen LogP contribution in [0, 0.1) is 17.1 Å². The van der Waals surface area contributed by atoms with Crippen LogP contribution in [0.5, 0.6) is 0 Å². The molecule has 0 radical (unpaired) electrons. The molecule has 0 unspecified atom stereocenters. The zero-order valence-electron chi connectivity index (χ0n) is 10.2. The van der Waals surface area contributed by atoms with Crippen LogP contribution in [0.15, 0.2) is 30.6 Å². The lowest BCUT2D eigenvalue weighted by molar-refractivity contribution is 0.592. The first-order valence-corrected chi connectivity index (χ1v) is 5.93. The number of nitrogens with zero attached hydrogens (tertiary/aromatic N) is 3. The second-order valence-corrected chi connectivity index (χ2v) is 4.14. The molecule has 0 saturated heterocycles. The normalized spacial score (nSPS) is 10.3. The minimum Gasteiger partial charge on any atom is -0.330 e. The number of nitriles is 1. The lowest BCUT2D eigenvalue weighted by Crippen LogP contribution is -2.06. The van der Waals surface area contributed by atoms with Gasteiger partial charge in [-0.3, -0.25) is 0 Å². The summed E-state index contributed by atoms with van der Waals surface area (Å²) < 4.78 is 15.7. The number of benzene rings is 1. The molecule has 92 valence electrons. The second kappa shape index (κ2) is 5.46. The van der Waals surface area contributed by atoms with Gasteiger partial charge in [-0.2, -0.15) is 5.26 Å². The quantitative estimate of drug-likeness (QED) is 0.828. The lowest BCUT2D eigenvalue weighted by Gasteiger charge is -2.08. The Kier molecular flexibility index (Phi) is 3.73. The zero-order valence-corrected chi connectivity index (χ0v) is 10.2. The Morgan fingerprint density at radius 2 is 2.28 bits per heavy atom. The van der Waals surface area contributed by atoms with Gasteiger partial charge in [0.05, 0.1) is 18.2 Å². The minimum atomic E-state index is -0.342. The number of aryl methyl sites for hydroxylation is 1. The van der Waals surface area contributed by atoms with Gasteiger partial charge in [-0.05, 0) is 18.6 Å². The number of hydrogen-bond donors (Lipinski definition) is 0. The maximum atomic E-state index is 13.8. The van der Waals surface area contributed by atoms with Gasteiger partial charge in [0.2, 0.25) is 0 Å². The molecule has 0 N–H and O–H groups in total. The average Bonchev–Trinajstić information content (AvgIpc) is 2.80. The smallest absolute Gasteiger partial charge is 0.129 e. The van der Waals surface area contributed by atoms with Gasteiger partial charge in [-0.25, -0.2) is 9.37 Å². The highest BCUT2D eigenvalue weighted by atomic mass is 19.1. The molecule has 0 spiro atoms. The molecule has 0 fully saturated rings. The number of rotatable bonds is 4. The monoisotopic (exact) mass is 243 g/mol. The largest absolute Gasteiger partial charge is 0.330 e. The van der Waals surface area contributed by atoms with E-state index in [4.69, 9.17) is 5.26 Å². The SMILES string of the molecule is CCCc1nccn1Cc1ccc(C#N)cc1F. The Balaban J connectivity index is 2.23. The molecular weight excluding hydrogens is 229 g/mol. The van der Waals surface area contributed by atoms with Crippen LogP contribution in [-0.4, -0.2) is 9.55 Å². The first kappa shape index (κ1) is 12.3. The van der Waals surface area contributed by atoms with Crippen molar-refractivity contribution in [3.8, 4) is 6.07 Å². The molecule has 0 atom stereocenters. The van der Waals surface area contributed by atoms with E-state index in [9.17, 15) is 4.39 Å². The average molecular weight is 243 g/mol. The molecule has 0 bridgehead atoms. The van der Waals surface area contributed by atoms with E-state index in [1.807, 2.05) is 16.8 Å². The Hall–Kier alpha value is -2.15. The first-order chi connectivity index (χ1) is 8.74. The van der Waals surface area contributed by atoms with E-state index in [0.29, 0.717) is 17.7 Å². The lowest BCUT2D eigenvalue weighted by atomic mass is 10.1. The Morgan fingerprint density at radius 1 is 1.44 bits per heavy atom. The third-order valence-corrected chi connectivity index (χ3v) is 2.80. The summed E-state index contributed by atoms with van der Waals surface area (Å²) >= 11 is 0. The standard InChI is InChI=1S/C14H14FN3/c1-2-3-14-17-6-7-18(14)10-12-5-4-11(9-16)8-13(12)15/h4-8H,2-3,10H2,1H3. The van der Waals surface area contributed by atoms with Crippen molar-refractivity contribution in [1.29, 1.82) is 5.26 Å². The molecule has 0 aliphatic carbocycles. The third-order valence-electron chi connectivity index (χ3n) is 2.80. The molecule has 18 heavy (non-hydrogen) atoms. The molecule has 0 amide bonds. The van der Waals surface area contributed by atoms with Gasteiger partial charge in [0, 0.05) is 24.4 Å². The van der Waals surface area contributed by atoms with Crippen molar-refractivity contribution in [3.63, 3.8) is 0 Å². The molecule has 4 heteroatoms. The van der Waals surface area contributed by atoms with E-state index < -0.39 is 0 Å². The van der Waals surface area contributed by atoms with Gasteiger partial charge in [0.25, 0.3) is 0 Å². The number of imidazole rings is 1. The molecule has 2 aromatic rings. The highest BCUT2D eigenvalue weighted by molar-refractivity contribution is 5.33. The molecular formula is C14H14FN3. The van der Waals surface area contributed by atoms with Crippen LogP contribution in [-0.2, 0) is 13.0 Å². The van der Waals surface area contributed by atoms with Gasteiger partial charge in [0.1, 0.15) is 11.6 Å². The first-order valence-electron chi connectivity index (χ1n) is 5.93. The van der Waals surface area contributed by atoms with Crippen LogP contribution < -0.4 is 0 Å². The topological polar surface area (TPSA) is 41.6 Å². The van der Waals surface area contributed by atoms with Gasteiger partial charge < -0.3 is 4.57 Å². The van der Waals surface area contributed by atoms with E-state index in [1.54, 1.807) is 18.3 Å². The molecule has 1 heterocycles. The van der Waals surface area contributed by atoms with Crippen molar-refractivity contribution in [2.24, 2.45) is 0 Å². The maximum absolute atomic E-state index is 13.8. The Morgan fingerprint density at radius 3 is 2.94 bits per heavy atom. The molecule has 0 aliphatic heterocycles. The summed E-state index contributed by atoms with van der Waals surface area (Å²) in [4.78, 5) is 4.25. The predicted molar refractivity (Wildman–Crippen MR) is 66.4 cm³/mol.